The largest absolute Gasteiger partial charge is 0.396 e. The topological polar surface area (TPSA) is 99.8 Å². The van der Waals surface area contributed by atoms with Crippen molar-refractivity contribution < 1.29 is 13.5 Å². The second-order valence-electron chi connectivity index (χ2n) is 4.37. The van der Waals surface area contributed by atoms with E-state index in [2.05, 4.69) is 4.98 Å². The van der Waals surface area contributed by atoms with Gasteiger partial charge in [0.2, 0.25) is 0 Å². The number of aliphatic hydroxyl groups excluding tert-OH is 1. The number of hydrogen-bond acceptors (Lipinski definition) is 6. The molecule has 3 N–H and O–H groups in total. The van der Waals surface area contributed by atoms with Crippen LogP contribution in [0.1, 0.15) is 0 Å². The summed E-state index contributed by atoms with van der Waals surface area (Å²) in [7, 11) is -3.62. The number of anilines is 1. The van der Waals surface area contributed by atoms with Crippen molar-refractivity contribution in [1.29, 1.82) is 0 Å². The van der Waals surface area contributed by atoms with Gasteiger partial charge in [0.05, 0.1) is 12.3 Å². The number of nitrogen functional groups attached to an aromatic ring is 1. The van der Waals surface area contributed by atoms with Gasteiger partial charge >= 0.3 is 0 Å². The van der Waals surface area contributed by atoms with Gasteiger partial charge in [0.1, 0.15) is 0 Å². The van der Waals surface area contributed by atoms with Crippen molar-refractivity contribution in [3.63, 3.8) is 0 Å². The Labute approximate surface area is 112 Å². The highest BCUT2D eigenvalue weighted by molar-refractivity contribution is 7.89. The number of nitrogens with two attached hydrogens (primary N) is 1. The first-order valence-electron chi connectivity index (χ1n) is 6.09. The number of hydrogen-bond donors (Lipinski definition) is 2. The van der Waals surface area contributed by atoms with Crippen LogP contribution in [0.15, 0.2) is 23.4 Å². The minimum atomic E-state index is -3.62. The molecular formula is C11H18N4O3S. The van der Waals surface area contributed by atoms with Gasteiger partial charge in [-0.25, -0.2) is 13.4 Å². The van der Waals surface area contributed by atoms with E-state index in [1.165, 1.54) is 16.6 Å². The molecule has 7 nitrogen and oxygen atoms in total. The Morgan fingerprint density at radius 2 is 2.00 bits per heavy atom. The second-order valence-corrected chi connectivity index (χ2v) is 6.22. The van der Waals surface area contributed by atoms with Crippen molar-refractivity contribution >= 4 is 15.7 Å². The summed E-state index contributed by atoms with van der Waals surface area (Å²) in [6, 6.07) is 3.13. The molecule has 0 radical (unpaired) electrons. The molecule has 19 heavy (non-hydrogen) atoms. The van der Waals surface area contributed by atoms with Crippen LogP contribution in [-0.2, 0) is 10.0 Å². The van der Waals surface area contributed by atoms with Crippen LogP contribution in [0, 0.1) is 0 Å². The normalized spacial score (nSPS) is 18.6. The van der Waals surface area contributed by atoms with Crippen molar-refractivity contribution in [3.05, 3.63) is 18.3 Å². The fourth-order valence-electron chi connectivity index (χ4n) is 2.08. The lowest BCUT2D eigenvalue weighted by Crippen LogP contribution is -2.49. The monoisotopic (exact) mass is 286 g/mol. The van der Waals surface area contributed by atoms with Crippen molar-refractivity contribution in [2.75, 3.05) is 45.1 Å². The molecule has 0 atom stereocenters. The van der Waals surface area contributed by atoms with Crippen LogP contribution in [0.2, 0.25) is 0 Å². The zero-order valence-electron chi connectivity index (χ0n) is 10.6. The maximum absolute atomic E-state index is 12.4. The van der Waals surface area contributed by atoms with E-state index in [1.54, 1.807) is 6.07 Å². The molecule has 0 aromatic carbocycles. The van der Waals surface area contributed by atoms with Crippen LogP contribution in [-0.4, -0.2) is 67.0 Å². The van der Waals surface area contributed by atoms with Gasteiger partial charge in [-0.05, 0) is 12.1 Å². The molecule has 0 spiro atoms. The molecule has 0 amide bonds. The zero-order chi connectivity index (χ0) is 13.9. The van der Waals surface area contributed by atoms with Crippen molar-refractivity contribution in [2.45, 2.75) is 5.03 Å². The molecule has 1 saturated heterocycles. The summed E-state index contributed by atoms with van der Waals surface area (Å²) in [6.07, 6.45) is 1.42. The smallest absolute Gasteiger partial charge is 0.262 e. The number of β-amino-alcohol motifs (C(OH)–C–C–N with tert-alkyl or cyclic N) is 1. The Bertz CT molecular complexity index is 526. The van der Waals surface area contributed by atoms with Crippen LogP contribution >= 0.6 is 0 Å². The minimum Gasteiger partial charge on any atom is -0.396 e. The van der Waals surface area contributed by atoms with Gasteiger partial charge in [-0.2, -0.15) is 4.31 Å². The number of piperazine rings is 1. The van der Waals surface area contributed by atoms with E-state index >= 15 is 0 Å². The maximum atomic E-state index is 12.4. The number of sulfonamides is 1. The quantitative estimate of drug-likeness (QED) is 0.733. The first-order valence-corrected chi connectivity index (χ1v) is 7.53. The van der Waals surface area contributed by atoms with Crippen LogP contribution in [0.25, 0.3) is 0 Å². The summed E-state index contributed by atoms with van der Waals surface area (Å²) in [6.45, 7) is 2.63. The van der Waals surface area contributed by atoms with E-state index in [0.29, 0.717) is 32.7 Å². The fourth-order valence-corrected chi connectivity index (χ4v) is 3.52. The van der Waals surface area contributed by atoms with Gasteiger partial charge in [-0.1, -0.05) is 0 Å². The zero-order valence-corrected chi connectivity index (χ0v) is 11.4. The fraction of sp³-hybridized carbons (Fsp3) is 0.545. The van der Waals surface area contributed by atoms with Crippen LogP contribution in [0.5, 0.6) is 0 Å². The molecule has 1 aromatic heterocycles. The summed E-state index contributed by atoms with van der Waals surface area (Å²) in [5, 5.41) is 8.78. The van der Waals surface area contributed by atoms with E-state index in [1.807, 2.05) is 4.90 Å². The molecule has 0 aliphatic carbocycles. The summed E-state index contributed by atoms with van der Waals surface area (Å²) in [4.78, 5) is 5.89. The average molecular weight is 286 g/mol. The molecule has 0 saturated carbocycles. The van der Waals surface area contributed by atoms with E-state index < -0.39 is 10.0 Å². The summed E-state index contributed by atoms with van der Waals surface area (Å²) < 4.78 is 26.2. The average Bonchev–Trinajstić information content (AvgIpc) is 2.40. The molecule has 1 fully saturated rings. The molecule has 1 aromatic rings. The summed E-state index contributed by atoms with van der Waals surface area (Å²) >= 11 is 0. The first-order chi connectivity index (χ1) is 9.05. The highest BCUT2D eigenvalue weighted by Gasteiger charge is 2.30. The molecular weight excluding hydrogens is 268 g/mol. The molecule has 106 valence electrons. The molecule has 0 unspecified atom stereocenters. The lowest BCUT2D eigenvalue weighted by atomic mass is 10.4. The van der Waals surface area contributed by atoms with E-state index in [-0.39, 0.29) is 17.3 Å². The predicted molar refractivity (Wildman–Crippen MR) is 70.9 cm³/mol. The summed E-state index contributed by atoms with van der Waals surface area (Å²) in [5.74, 6) is 0. The first kappa shape index (κ1) is 14.2. The standard InChI is InChI=1S/C11H18N4O3S/c12-10-2-1-3-13-11(10)19(17,18)15-6-4-14(5-7-15)8-9-16/h1-3,16H,4-9,12H2. The van der Waals surface area contributed by atoms with Gasteiger partial charge < -0.3 is 10.8 Å². The Morgan fingerprint density at radius 1 is 1.32 bits per heavy atom. The lowest BCUT2D eigenvalue weighted by Gasteiger charge is -2.33. The van der Waals surface area contributed by atoms with Crippen molar-refractivity contribution in [2.24, 2.45) is 0 Å². The molecule has 2 rings (SSSR count). The number of pyridine rings is 1. The van der Waals surface area contributed by atoms with Gasteiger partial charge in [0, 0.05) is 38.9 Å². The second kappa shape index (κ2) is 5.83. The van der Waals surface area contributed by atoms with Gasteiger partial charge in [0.25, 0.3) is 10.0 Å². The van der Waals surface area contributed by atoms with E-state index in [9.17, 15) is 8.42 Å². The van der Waals surface area contributed by atoms with Gasteiger partial charge in [-0.15, -0.1) is 0 Å². The molecule has 8 heteroatoms. The maximum Gasteiger partial charge on any atom is 0.262 e. The minimum absolute atomic E-state index is 0.0781. The molecule has 2 heterocycles. The predicted octanol–water partition coefficient (Wildman–Crippen LogP) is -1.04. The van der Waals surface area contributed by atoms with Gasteiger partial charge in [0.15, 0.2) is 5.03 Å². The van der Waals surface area contributed by atoms with E-state index in [0.717, 1.165) is 0 Å². The third-order valence-corrected chi connectivity index (χ3v) is 5.01. The Hall–Kier alpha value is -1.22. The Morgan fingerprint density at radius 3 is 2.58 bits per heavy atom. The third-order valence-electron chi connectivity index (χ3n) is 3.13. The summed E-state index contributed by atoms with van der Waals surface area (Å²) in [5.41, 5.74) is 5.84. The van der Waals surface area contributed by atoms with Crippen molar-refractivity contribution in [1.82, 2.24) is 14.2 Å². The Balaban J connectivity index is 2.12. The van der Waals surface area contributed by atoms with Crippen LogP contribution in [0.3, 0.4) is 0 Å². The number of aromatic nitrogens is 1. The highest BCUT2D eigenvalue weighted by atomic mass is 32.2. The van der Waals surface area contributed by atoms with Gasteiger partial charge in [-0.3, -0.25) is 4.90 Å². The molecule has 0 bridgehead atoms. The number of rotatable bonds is 4. The molecule has 1 aliphatic heterocycles. The number of aliphatic hydroxyl groups is 1. The number of nitrogens with zero attached hydrogens (tertiary/aromatic N) is 3. The lowest BCUT2D eigenvalue weighted by molar-refractivity contribution is 0.151. The van der Waals surface area contributed by atoms with Crippen LogP contribution in [0.4, 0.5) is 5.69 Å². The SMILES string of the molecule is Nc1cccnc1S(=O)(=O)N1CCN(CCO)CC1. The van der Waals surface area contributed by atoms with Crippen LogP contribution < -0.4 is 5.73 Å². The van der Waals surface area contributed by atoms with E-state index in [4.69, 9.17) is 10.8 Å². The molecule has 1 aliphatic rings. The highest BCUT2D eigenvalue weighted by Crippen LogP contribution is 2.20. The Kier molecular flexibility index (Phi) is 4.35. The third kappa shape index (κ3) is 3.03. The van der Waals surface area contributed by atoms with Crippen molar-refractivity contribution in [3.8, 4) is 0 Å².